The van der Waals surface area contributed by atoms with E-state index in [1.165, 1.54) is 7.11 Å². The lowest BCUT2D eigenvalue weighted by molar-refractivity contribution is -0.160. The Labute approximate surface area is 78.8 Å². The SMILES string of the molecule is COC(=O)C1CN(C(C)C)CCO1. The van der Waals surface area contributed by atoms with Gasteiger partial charge in [-0.15, -0.1) is 0 Å². The Bertz CT molecular complexity index is 182. The first-order valence-corrected chi connectivity index (χ1v) is 4.58. The van der Waals surface area contributed by atoms with Crippen LogP contribution < -0.4 is 0 Å². The second-order valence-electron chi connectivity index (χ2n) is 3.47. The zero-order chi connectivity index (χ0) is 9.84. The van der Waals surface area contributed by atoms with Crippen molar-refractivity contribution in [1.82, 2.24) is 4.90 Å². The molecule has 0 spiro atoms. The molecule has 1 heterocycles. The molecule has 1 unspecified atom stereocenters. The van der Waals surface area contributed by atoms with Gasteiger partial charge in [0, 0.05) is 19.1 Å². The van der Waals surface area contributed by atoms with Gasteiger partial charge in [0.1, 0.15) is 0 Å². The zero-order valence-electron chi connectivity index (χ0n) is 8.45. The maximum Gasteiger partial charge on any atom is 0.336 e. The van der Waals surface area contributed by atoms with Crippen LogP contribution in [0.25, 0.3) is 0 Å². The van der Waals surface area contributed by atoms with Crippen LogP contribution in [-0.2, 0) is 14.3 Å². The number of carbonyl (C=O) groups excluding carboxylic acids is 1. The van der Waals surface area contributed by atoms with Gasteiger partial charge in [0.15, 0.2) is 6.10 Å². The highest BCUT2D eigenvalue weighted by atomic mass is 16.6. The molecule has 1 atom stereocenters. The van der Waals surface area contributed by atoms with Gasteiger partial charge < -0.3 is 9.47 Å². The number of hydrogen-bond acceptors (Lipinski definition) is 4. The minimum Gasteiger partial charge on any atom is -0.467 e. The monoisotopic (exact) mass is 187 g/mol. The molecule has 1 aliphatic rings. The smallest absolute Gasteiger partial charge is 0.336 e. The van der Waals surface area contributed by atoms with E-state index in [9.17, 15) is 4.79 Å². The van der Waals surface area contributed by atoms with Gasteiger partial charge in [-0.25, -0.2) is 4.79 Å². The molecule has 0 bridgehead atoms. The Kier molecular flexibility index (Phi) is 3.69. The highest BCUT2D eigenvalue weighted by Crippen LogP contribution is 2.09. The van der Waals surface area contributed by atoms with E-state index in [0.717, 1.165) is 6.54 Å². The highest BCUT2D eigenvalue weighted by molar-refractivity contribution is 5.74. The quantitative estimate of drug-likeness (QED) is 0.582. The van der Waals surface area contributed by atoms with Crippen molar-refractivity contribution in [2.45, 2.75) is 26.0 Å². The maximum atomic E-state index is 11.2. The molecule has 0 radical (unpaired) electrons. The summed E-state index contributed by atoms with van der Waals surface area (Å²) in [5.41, 5.74) is 0. The van der Waals surface area contributed by atoms with Crippen LogP contribution in [0.4, 0.5) is 0 Å². The molecule has 1 rings (SSSR count). The van der Waals surface area contributed by atoms with Crippen LogP contribution in [0, 0.1) is 0 Å². The molecule has 0 aromatic carbocycles. The highest BCUT2D eigenvalue weighted by Gasteiger charge is 2.28. The van der Waals surface area contributed by atoms with Gasteiger partial charge in [-0.1, -0.05) is 0 Å². The summed E-state index contributed by atoms with van der Waals surface area (Å²) in [4.78, 5) is 13.4. The van der Waals surface area contributed by atoms with Crippen molar-refractivity contribution in [2.24, 2.45) is 0 Å². The van der Waals surface area contributed by atoms with E-state index in [1.807, 2.05) is 0 Å². The fourth-order valence-corrected chi connectivity index (χ4v) is 1.41. The number of rotatable bonds is 2. The Morgan fingerprint density at radius 3 is 2.85 bits per heavy atom. The van der Waals surface area contributed by atoms with Gasteiger partial charge in [0.05, 0.1) is 13.7 Å². The van der Waals surface area contributed by atoms with Crippen LogP contribution in [0.3, 0.4) is 0 Å². The summed E-state index contributed by atoms with van der Waals surface area (Å²) in [6.07, 6.45) is -0.402. The topological polar surface area (TPSA) is 38.8 Å². The van der Waals surface area contributed by atoms with Crippen molar-refractivity contribution in [2.75, 3.05) is 26.8 Å². The van der Waals surface area contributed by atoms with E-state index in [-0.39, 0.29) is 5.97 Å². The van der Waals surface area contributed by atoms with Crippen LogP contribution >= 0.6 is 0 Å². The average Bonchev–Trinajstić information content (AvgIpc) is 2.17. The predicted octanol–water partition coefficient (Wildman–Crippen LogP) is 0.269. The molecule has 13 heavy (non-hydrogen) atoms. The van der Waals surface area contributed by atoms with Crippen molar-refractivity contribution in [3.05, 3.63) is 0 Å². The van der Waals surface area contributed by atoms with Crippen molar-refractivity contribution in [3.8, 4) is 0 Å². The number of esters is 1. The summed E-state index contributed by atoms with van der Waals surface area (Å²) in [6, 6.07) is 0.455. The first-order valence-electron chi connectivity index (χ1n) is 4.58. The summed E-state index contributed by atoms with van der Waals surface area (Å²) in [5.74, 6) is -0.273. The predicted molar refractivity (Wildman–Crippen MR) is 48.5 cm³/mol. The zero-order valence-corrected chi connectivity index (χ0v) is 8.45. The lowest BCUT2D eigenvalue weighted by Gasteiger charge is -2.34. The first-order chi connectivity index (χ1) is 6.15. The molecule has 0 aliphatic carbocycles. The van der Waals surface area contributed by atoms with Gasteiger partial charge in [-0.05, 0) is 13.8 Å². The van der Waals surface area contributed by atoms with Crippen LogP contribution in [0.1, 0.15) is 13.8 Å². The van der Waals surface area contributed by atoms with Crippen LogP contribution in [0.15, 0.2) is 0 Å². The third-order valence-corrected chi connectivity index (χ3v) is 2.29. The van der Waals surface area contributed by atoms with Crippen molar-refractivity contribution in [1.29, 1.82) is 0 Å². The summed E-state index contributed by atoms with van der Waals surface area (Å²) in [5, 5.41) is 0. The normalized spacial score (nSPS) is 24.8. The fourth-order valence-electron chi connectivity index (χ4n) is 1.41. The summed E-state index contributed by atoms with van der Waals surface area (Å²) in [7, 11) is 1.39. The molecule has 4 heteroatoms. The number of morpholine rings is 1. The maximum absolute atomic E-state index is 11.2. The number of carbonyl (C=O) groups is 1. The third kappa shape index (κ3) is 2.67. The first kappa shape index (κ1) is 10.5. The largest absolute Gasteiger partial charge is 0.467 e. The number of methoxy groups -OCH3 is 1. The van der Waals surface area contributed by atoms with Gasteiger partial charge in [0.25, 0.3) is 0 Å². The Balaban J connectivity index is 2.46. The number of nitrogens with zero attached hydrogens (tertiary/aromatic N) is 1. The number of hydrogen-bond donors (Lipinski definition) is 0. The van der Waals surface area contributed by atoms with Gasteiger partial charge in [-0.2, -0.15) is 0 Å². The van der Waals surface area contributed by atoms with Gasteiger partial charge in [-0.3, -0.25) is 4.90 Å². The van der Waals surface area contributed by atoms with E-state index in [2.05, 4.69) is 23.5 Å². The lowest BCUT2D eigenvalue weighted by Crippen LogP contribution is -2.48. The summed E-state index contributed by atoms with van der Waals surface area (Å²) in [6.45, 7) is 6.37. The molecular formula is C9H17NO3. The van der Waals surface area contributed by atoms with E-state index in [1.54, 1.807) is 0 Å². The average molecular weight is 187 g/mol. The number of ether oxygens (including phenoxy) is 2. The molecule has 0 saturated carbocycles. The molecule has 0 N–H and O–H groups in total. The molecular weight excluding hydrogens is 170 g/mol. The lowest BCUT2D eigenvalue weighted by atomic mass is 10.2. The standard InChI is InChI=1S/C9H17NO3/c1-7(2)10-4-5-13-8(6-10)9(11)12-3/h7-8H,4-6H2,1-3H3. The molecule has 1 saturated heterocycles. The molecule has 4 nitrogen and oxygen atoms in total. The van der Waals surface area contributed by atoms with Crippen molar-refractivity contribution >= 4 is 5.97 Å². The minimum absolute atomic E-state index is 0.273. The fraction of sp³-hybridized carbons (Fsp3) is 0.889. The van der Waals surface area contributed by atoms with Crippen LogP contribution in [0.2, 0.25) is 0 Å². The van der Waals surface area contributed by atoms with Gasteiger partial charge in [0.2, 0.25) is 0 Å². The second-order valence-corrected chi connectivity index (χ2v) is 3.47. The molecule has 1 fully saturated rings. The van der Waals surface area contributed by atoms with Crippen LogP contribution in [0.5, 0.6) is 0 Å². The van der Waals surface area contributed by atoms with Gasteiger partial charge >= 0.3 is 5.97 Å². The molecule has 0 aromatic rings. The van der Waals surface area contributed by atoms with E-state index in [4.69, 9.17) is 4.74 Å². The Morgan fingerprint density at radius 1 is 1.62 bits per heavy atom. The molecule has 1 aliphatic heterocycles. The van der Waals surface area contributed by atoms with E-state index < -0.39 is 6.10 Å². The molecule has 0 aromatic heterocycles. The van der Waals surface area contributed by atoms with Crippen LogP contribution in [-0.4, -0.2) is 49.8 Å². The van der Waals surface area contributed by atoms with Crippen molar-refractivity contribution in [3.63, 3.8) is 0 Å². The summed E-state index contributed by atoms with van der Waals surface area (Å²) >= 11 is 0. The summed E-state index contributed by atoms with van der Waals surface area (Å²) < 4.78 is 9.92. The second kappa shape index (κ2) is 4.58. The molecule has 76 valence electrons. The Morgan fingerprint density at radius 2 is 2.31 bits per heavy atom. The van der Waals surface area contributed by atoms with E-state index in [0.29, 0.717) is 19.2 Å². The molecule has 0 amide bonds. The Hall–Kier alpha value is -0.610. The third-order valence-electron chi connectivity index (χ3n) is 2.29. The van der Waals surface area contributed by atoms with Crippen molar-refractivity contribution < 1.29 is 14.3 Å². The minimum atomic E-state index is -0.402. The van der Waals surface area contributed by atoms with E-state index >= 15 is 0 Å².